The van der Waals surface area contributed by atoms with Gasteiger partial charge in [-0.3, -0.25) is 0 Å². The summed E-state index contributed by atoms with van der Waals surface area (Å²) in [5.74, 6) is 2.11. The van der Waals surface area contributed by atoms with Crippen molar-refractivity contribution in [2.75, 3.05) is 18.0 Å². The maximum atomic E-state index is 4.94. The van der Waals surface area contributed by atoms with Crippen molar-refractivity contribution >= 4 is 5.82 Å². The van der Waals surface area contributed by atoms with Crippen LogP contribution in [0.5, 0.6) is 0 Å². The van der Waals surface area contributed by atoms with E-state index in [0.29, 0.717) is 0 Å². The van der Waals surface area contributed by atoms with Gasteiger partial charge in [-0.05, 0) is 39.0 Å². The summed E-state index contributed by atoms with van der Waals surface area (Å²) in [7, 11) is 0. The molecule has 21 heavy (non-hydrogen) atoms. The standard InChI is InChI=1S/C18H21N3/c1-13-7-9-14(10-8-13)17-19-16-6-4-5-15(16)18(20-17)21-11-2-3-12-21/h7-10H,2-6,11-12H2,1H3. The van der Waals surface area contributed by atoms with E-state index < -0.39 is 0 Å². The van der Waals surface area contributed by atoms with Crippen LogP contribution in [-0.4, -0.2) is 23.1 Å². The molecule has 1 aliphatic heterocycles. The van der Waals surface area contributed by atoms with Crippen LogP contribution in [0.15, 0.2) is 24.3 Å². The van der Waals surface area contributed by atoms with E-state index in [0.717, 1.165) is 37.3 Å². The van der Waals surface area contributed by atoms with Crippen molar-refractivity contribution in [1.82, 2.24) is 9.97 Å². The summed E-state index contributed by atoms with van der Waals surface area (Å²) in [5, 5.41) is 0. The lowest BCUT2D eigenvalue weighted by Crippen LogP contribution is -2.21. The summed E-state index contributed by atoms with van der Waals surface area (Å²) in [6, 6.07) is 8.56. The molecule has 3 nitrogen and oxygen atoms in total. The third-order valence-electron chi connectivity index (χ3n) is 4.63. The molecule has 3 heteroatoms. The van der Waals surface area contributed by atoms with Gasteiger partial charge in [0.25, 0.3) is 0 Å². The highest BCUT2D eigenvalue weighted by molar-refractivity contribution is 5.62. The molecule has 1 saturated heterocycles. The van der Waals surface area contributed by atoms with E-state index in [1.54, 1.807) is 0 Å². The zero-order valence-corrected chi connectivity index (χ0v) is 12.6. The van der Waals surface area contributed by atoms with Gasteiger partial charge in [0.1, 0.15) is 5.82 Å². The quantitative estimate of drug-likeness (QED) is 0.842. The van der Waals surface area contributed by atoms with Crippen LogP contribution in [-0.2, 0) is 12.8 Å². The molecule has 1 aromatic carbocycles. The highest BCUT2D eigenvalue weighted by Gasteiger charge is 2.24. The van der Waals surface area contributed by atoms with Gasteiger partial charge in [-0.2, -0.15) is 0 Å². The molecule has 2 aromatic rings. The van der Waals surface area contributed by atoms with Crippen molar-refractivity contribution in [2.45, 2.75) is 39.0 Å². The van der Waals surface area contributed by atoms with Gasteiger partial charge in [-0.1, -0.05) is 29.8 Å². The minimum absolute atomic E-state index is 0.901. The molecule has 108 valence electrons. The maximum Gasteiger partial charge on any atom is 0.161 e. The normalized spacial score (nSPS) is 17.3. The Morgan fingerprint density at radius 1 is 0.905 bits per heavy atom. The van der Waals surface area contributed by atoms with Crippen LogP contribution in [0.4, 0.5) is 5.82 Å². The van der Waals surface area contributed by atoms with E-state index in [1.165, 1.54) is 41.9 Å². The molecule has 0 radical (unpaired) electrons. The number of benzene rings is 1. The monoisotopic (exact) mass is 279 g/mol. The van der Waals surface area contributed by atoms with Gasteiger partial charge in [0.05, 0.1) is 0 Å². The van der Waals surface area contributed by atoms with Crippen LogP contribution in [0, 0.1) is 6.92 Å². The Hall–Kier alpha value is -1.90. The van der Waals surface area contributed by atoms with Crippen molar-refractivity contribution in [3.63, 3.8) is 0 Å². The number of hydrogen-bond acceptors (Lipinski definition) is 3. The number of aromatic nitrogens is 2. The molecule has 0 saturated carbocycles. The molecule has 2 aliphatic rings. The summed E-state index contributed by atoms with van der Waals surface area (Å²) in [6.07, 6.45) is 6.06. The molecule has 1 aromatic heterocycles. The van der Waals surface area contributed by atoms with Crippen molar-refractivity contribution in [2.24, 2.45) is 0 Å². The van der Waals surface area contributed by atoms with Gasteiger partial charge in [0.15, 0.2) is 5.82 Å². The molecule has 1 fully saturated rings. The summed E-state index contributed by atoms with van der Waals surface area (Å²) in [6.45, 7) is 4.41. The van der Waals surface area contributed by atoms with E-state index in [2.05, 4.69) is 36.1 Å². The summed E-state index contributed by atoms with van der Waals surface area (Å²) < 4.78 is 0. The van der Waals surface area contributed by atoms with Crippen LogP contribution in [0.2, 0.25) is 0 Å². The first-order valence-electron chi connectivity index (χ1n) is 8.03. The zero-order chi connectivity index (χ0) is 14.2. The molecular weight excluding hydrogens is 258 g/mol. The smallest absolute Gasteiger partial charge is 0.161 e. The Morgan fingerprint density at radius 2 is 1.67 bits per heavy atom. The first-order valence-corrected chi connectivity index (χ1v) is 8.03. The van der Waals surface area contributed by atoms with Gasteiger partial charge >= 0.3 is 0 Å². The number of nitrogens with zero attached hydrogens (tertiary/aromatic N) is 3. The van der Waals surface area contributed by atoms with Crippen molar-refractivity contribution in [3.05, 3.63) is 41.1 Å². The van der Waals surface area contributed by atoms with Gasteiger partial charge in [0, 0.05) is 29.9 Å². The van der Waals surface area contributed by atoms with Gasteiger partial charge < -0.3 is 4.90 Å². The first kappa shape index (κ1) is 12.8. The second-order valence-electron chi connectivity index (χ2n) is 6.21. The molecule has 0 bridgehead atoms. The summed E-state index contributed by atoms with van der Waals surface area (Å²) in [5.41, 5.74) is 5.10. The Balaban J connectivity index is 1.81. The number of anilines is 1. The molecule has 0 unspecified atom stereocenters. The highest BCUT2D eigenvalue weighted by Crippen LogP contribution is 2.32. The van der Waals surface area contributed by atoms with E-state index in [4.69, 9.17) is 9.97 Å². The highest BCUT2D eigenvalue weighted by atomic mass is 15.2. The Bertz CT molecular complexity index is 655. The van der Waals surface area contributed by atoms with Crippen LogP contribution in [0.3, 0.4) is 0 Å². The maximum absolute atomic E-state index is 4.94. The fraction of sp³-hybridized carbons (Fsp3) is 0.444. The molecule has 0 N–H and O–H groups in total. The second-order valence-corrected chi connectivity index (χ2v) is 6.21. The number of aryl methyl sites for hydroxylation is 2. The van der Waals surface area contributed by atoms with Crippen LogP contribution < -0.4 is 4.90 Å². The minimum atomic E-state index is 0.901. The van der Waals surface area contributed by atoms with Crippen LogP contribution >= 0.6 is 0 Å². The van der Waals surface area contributed by atoms with Crippen molar-refractivity contribution in [1.29, 1.82) is 0 Å². The fourth-order valence-corrected chi connectivity index (χ4v) is 3.43. The van der Waals surface area contributed by atoms with Gasteiger partial charge in [0.2, 0.25) is 0 Å². The first-order chi connectivity index (χ1) is 10.3. The topological polar surface area (TPSA) is 29.0 Å². The van der Waals surface area contributed by atoms with Crippen molar-refractivity contribution in [3.8, 4) is 11.4 Å². The summed E-state index contributed by atoms with van der Waals surface area (Å²) >= 11 is 0. The van der Waals surface area contributed by atoms with E-state index >= 15 is 0 Å². The Morgan fingerprint density at radius 3 is 2.43 bits per heavy atom. The fourth-order valence-electron chi connectivity index (χ4n) is 3.43. The third-order valence-corrected chi connectivity index (χ3v) is 4.63. The third kappa shape index (κ3) is 2.31. The van der Waals surface area contributed by atoms with Gasteiger partial charge in [-0.25, -0.2) is 9.97 Å². The minimum Gasteiger partial charge on any atom is -0.356 e. The molecule has 0 amide bonds. The second kappa shape index (κ2) is 5.14. The molecule has 4 rings (SSSR count). The van der Waals surface area contributed by atoms with Crippen LogP contribution in [0.25, 0.3) is 11.4 Å². The predicted octanol–water partition coefficient (Wildman–Crippen LogP) is 3.54. The number of hydrogen-bond donors (Lipinski definition) is 0. The molecule has 0 atom stereocenters. The van der Waals surface area contributed by atoms with Gasteiger partial charge in [-0.15, -0.1) is 0 Å². The van der Waals surface area contributed by atoms with Crippen LogP contribution in [0.1, 0.15) is 36.1 Å². The lowest BCUT2D eigenvalue weighted by Gasteiger charge is -2.20. The number of fused-ring (bicyclic) bond motifs is 1. The van der Waals surface area contributed by atoms with E-state index in [-0.39, 0.29) is 0 Å². The molecule has 1 aliphatic carbocycles. The van der Waals surface area contributed by atoms with E-state index in [9.17, 15) is 0 Å². The van der Waals surface area contributed by atoms with Crippen molar-refractivity contribution < 1.29 is 0 Å². The lowest BCUT2D eigenvalue weighted by molar-refractivity contribution is 0.891. The molecule has 0 spiro atoms. The SMILES string of the molecule is Cc1ccc(-c2nc3c(c(N4CCCC4)n2)CCC3)cc1. The van der Waals surface area contributed by atoms with E-state index in [1.807, 2.05) is 0 Å². The largest absolute Gasteiger partial charge is 0.356 e. The molecule has 2 heterocycles. The summed E-state index contributed by atoms with van der Waals surface area (Å²) in [4.78, 5) is 12.3. The average molecular weight is 279 g/mol. The molecular formula is C18H21N3. The average Bonchev–Trinajstić information content (AvgIpc) is 3.18. The Labute approximate surface area is 126 Å². The lowest BCUT2D eigenvalue weighted by atomic mass is 10.1. The zero-order valence-electron chi connectivity index (χ0n) is 12.6. The Kier molecular flexibility index (Phi) is 3.13. The number of rotatable bonds is 2. The predicted molar refractivity (Wildman–Crippen MR) is 85.7 cm³/mol.